The van der Waals surface area contributed by atoms with Crippen molar-refractivity contribution in [2.45, 2.75) is 11.3 Å². The molecule has 0 aromatic heterocycles. The van der Waals surface area contributed by atoms with E-state index in [1.807, 2.05) is 6.07 Å². The van der Waals surface area contributed by atoms with Gasteiger partial charge in [0.25, 0.3) is 0 Å². The van der Waals surface area contributed by atoms with E-state index in [9.17, 15) is 8.42 Å². The summed E-state index contributed by atoms with van der Waals surface area (Å²) >= 11 is 0. The molecule has 76 valence electrons. The first-order valence-corrected chi connectivity index (χ1v) is 5.72. The zero-order chi connectivity index (χ0) is 10.6. The lowest BCUT2D eigenvalue weighted by molar-refractivity contribution is 0.588. The van der Waals surface area contributed by atoms with Crippen LogP contribution < -0.4 is 4.72 Å². The number of hydrogen-bond acceptors (Lipinski definition) is 2. The fourth-order valence-corrected chi connectivity index (χ4v) is 1.92. The first kappa shape index (κ1) is 10.9. The van der Waals surface area contributed by atoms with E-state index in [0.29, 0.717) is 11.3 Å². The van der Waals surface area contributed by atoms with E-state index in [2.05, 4.69) is 11.3 Å². The van der Waals surface area contributed by atoms with E-state index < -0.39 is 10.0 Å². The molecule has 0 spiro atoms. The smallest absolute Gasteiger partial charge is 0.214 e. The van der Waals surface area contributed by atoms with Crippen LogP contribution in [-0.4, -0.2) is 15.5 Å². The highest BCUT2D eigenvalue weighted by molar-refractivity contribution is 7.89. The topological polar surface area (TPSA) is 46.2 Å². The van der Waals surface area contributed by atoms with E-state index >= 15 is 0 Å². The lowest BCUT2D eigenvalue weighted by Crippen LogP contribution is -2.18. The summed E-state index contributed by atoms with van der Waals surface area (Å²) in [6, 6.07) is 6.81. The first-order valence-electron chi connectivity index (χ1n) is 4.23. The van der Waals surface area contributed by atoms with Crippen LogP contribution in [0.2, 0.25) is 0 Å². The molecule has 0 bridgehead atoms. The number of benzene rings is 1. The molecular weight excluding hydrogens is 198 g/mol. The van der Waals surface area contributed by atoms with Gasteiger partial charge in [0.2, 0.25) is 10.0 Å². The van der Waals surface area contributed by atoms with Crippen LogP contribution in [0.3, 0.4) is 0 Å². The third kappa shape index (κ3) is 2.43. The van der Waals surface area contributed by atoms with Gasteiger partial charge in [-0.05, 0) is 31.2 Å². The maximum absolute atomic E-state index is 11.4. The van der Waals surface area contributed by atoms with Crippen molar-refractivity contribution in [1.29, 1.82) is 0 Å². The van der Waals surface area contributed by atoms with E-state index in [4.69, 9.17) is 0 Å². The summed E-state index contributed by atoms with van der Waals surface area (Å²) < 4.78 is 25.1. The molecule has 0 unspecified atom stereocenters. The Kier molecular flexibility index (Phi) is 3.43. The molecule has 1 aromatic rings. The second kappa shape index (κ2) is 4.39. The maximum Gasteiger partial charge on any atom is 0.240 e. The minimum atomic E-state index is -3.32. The number of hydrogen-bond donors (Lipinski definition) is 1. The second-order valence-electron chi connectivity index (χ2n) is 2.85. The summed E-state index contributed by atoms with van der Waals surface area (Å²) in [7, 11) is -1.92. The lowest BCUT2D eigenvalue weighted by Gasteiger charge is -2.03. The van der Waals surface area contributed by atoms with Crippen molar-refractivity contribution < 1.29 is 8.42 Å². The molecule has 0 aliphatic rings. The van der Waals surface area contributed by atoms with E-state index in [0.717, 1.165) is 5.56 Å². The molecule has 14 heavy (non-hydrogen) atoms. The van der Waals surface area contributed by atoms with Crippen molar-refractivity contribution in [2.75, 3.05) is 7.05 Å². The van der Waals surface area contributed by atoms with Crippen LogP contribution in [-0.2, 0) is 16.4 Å². The molecule has 4 heteroatoms. The fraction of sp³-hybridized carbons (Fsp3) is 0.200. The summed E-state index contributed by atoms with van der Waals surface area (Å²) in [6.45, 7) is 3.60. The third-order valence-electron chi connectivity index (χ3n) is 1.86. The molecule has 1 aromatic carbocycles. The number of nitrogens with one attached hydrogen (secondary N) is 1. The molecule has 0 saturated heterocycles. The summed E-state index contributed by atoms with van der Waals surface area (Å²) in [6.07, 6.45) is 2.41. The number of sulfonamides is 1. The van der Waals surface area contributed by atoms with Gasteiger partial charge in [-0.1, -0.05) is 18.2 Å². The van der Waals surface area contributed by atoms with E-state index in [1.54, 1.807) is 24.3 Å². The number of rotatable bonds is 4. The monoisotopic (exact) mass is 211 g/mol. The van der Waals surface area contributed by atoms with Gasteiger partial charge in [0, 0.05) is 0 Å². The Hall–Kier alpha value is -1.13. The Morgan fingerprint density at radius 1 is 1.50 bits per heavy atom. The van der Waals surface area contributed by atoms with Crippen LogP contribution in [0, 0.1) is 0 Å². The van der Waals surface area contributed by atoms with Crippen LogP contribution in [0.15, 0.2) is 41.8 Å². The van der Waals surface area contributed by atoms with Crippen LogP contribution in [0.1, 0.15) is 5.56 Å². The van der Waals surface area contributed by atoms with Crippen molar-refractivity contribution in [3.63, 3.8) is 0 Å². The Balaban J connectivity index is 3.12. The third-order valence-corrected chi connectivity index (χ3v) is 3.27. The Morgan fingerprint density at radius 3 is 2.79 bits per heavy atom. The summed E-state index contributed by atoms with van der Waals surface area (Å²) in [5.41, 5.74) is 0.941. The summed E-state index contributed by atoms with van der Waals surface area (Å²) in [4.78, 5) is 0.291. The molecule has 0 aliphatic heterocycles. The average molecular weight is 211 g/mol. The van der Waals surface area contributed by atoms with Gasteiger partial charge >= 0.3 is 0 Å². The molecular formula is C10H13NO2S. The zero-order valence-corrected chi connectivity index (χ0v) is 8.84. The van der Waals surface area contributed by atoms with Crippen LogP contribution >= 0.6 is 0 Å². The predicted molar refractivity (Wildman–Crippen MR) is 56.6 cm³/mol. The van der Waals surface area contributed by atoms with Gasteiger partial charge in [0.05, 0.1) is 4.90 Å². The van der Waals surface area contributed by atoms with Gasteiger partial charge in [0.15, 0.2) is 0 Å². The van der Waals surface area contributed by atoms with Gasteiger partial charge in [-0.25, -0.2) is 13.1 Å². The normalized spacial score (nSPS) is 11.2. The van der Waals surface area contributed by atoms with Gasteiger partial charge in [-0.2, -0.15) is 0 Å². The lowest BCUT2D eigenvalue weighted by atomic mass is 10.2. The molecule has 1 N–H and O–H groups in total. The highest BCUT2D eigenvalue weighted by Crippen LogP contribution is 2.11. The molecule has 0 saturated carbocycles. The van der Waals surface area contributed by atoms with Crippen LogP contribution in [0.5, 0.6) is 0 Å². The van der Waals surface area contributed by atoms with Crippen LogP contribution in [0.25, 0.3) is 0 Å². The van der Waals surface area contributed by atoms with E-state index in [1.165, 1.54) is 7.05 Å². The SMILES string of the molecule is C=CCc1cccc(S(=O)(=O)NC)c1. The van der Waals surface area contributed by atoms with Crippen molar-refractivity contribution in [1.82, 2.24) is 4.72 Å². The zero-order valence-electron chi connectivity index (χ0n) is 8.03. The largest absolute Gasteiger partial charge is 0.240 e. The maximum atomic E-state index is 11.4. The minimum absolute atomic E-state index is 0.291. The van der Waals surface area contributed by atoms with Crippen molar-refractivity contribution in [2.24, 2.45) is 0 Å². The van der Waals surface area contributed by atoms with Gasteiger partial charge < -0.3 is 0 Å². The quantitative estimate of drug-likeness (QED) is 0.763. The average Bonchev–Trinajstić information content (AvgIpc) is 2.19. The molecule has 1 rings (SSSR count). The van der Waals surface area contributed by atoms with Crippen molar-refractivity contribution >= 4 is 10.0 Å². The molecule has 0 atom stereocenters. The summed E-state index contributed by atoms with van der Waals surface area (Å²) in [5, 5.41) is 0. The van der Waals surface area contributed by atoms with Crippen molar-refractivity contribution in [3.05, 3.63) is 42.5 Å². The standard InChI is InChI=1S/C10H13NO2S/c1-3-5-9-6-4-7-10(8-9)14(12,13)11-2/h3-4,6-8,11H,1,5H2,2H3. The van der Waals surface area contributed by atoms with Gasteiger partial charge in [-0.3, -0.25) is 0 Å². The van der Waals surface area contributed by atoms with Crippen molar-refractivity contribution in [3.8, 4) is 0 Å². The van der Waals surface area contributed by atoms with Crippen LogP contribution in [0.4, 0.5) is 0 Å². The van der Waals surface area contributed by atoms with Gasteiger partial charge in [0.1, 0.15) is 0 Å². The Morgan fingerprint density at radius 2 is 2.21 bits per heavy atom. The fourth-order valence-electron chi connectivity index (χ4n) is 1.12. The molecule has 3 nitrogen and oxygen atoms in total. The molecule has 0 aliphatic carbocycles. The highest BCUT2D eigenvalue weighted by atomic mass is 32.2. The second-order valence-corrected chi connectivity index (χ2v) is 4.73. The Labute approximate surface area is 84.5 Å². The Bertz CT molecular complexity index is 424. The summed E-state index contributed by atoms with van der Waals surface area (Å²) in [5.74, 6) is 0. The molecule has 0 heterocycles. The minimum Gasteiger partial charge on any atom is -0.214 e. The predicted octanol–water partition coefficient (Wildman–Crippen LogP) is 1.32. The highest BCUT2D eigenvalue weighted by Gasteiger charge is 2.10. The van der Waals surface area contributed by atoms with E-state index in [-0.39, 0.29) is 0 Å². The molecule has 0 amide bonds. The molecule has 0 fully saturated rings. The first-order chi connectivity index (χ1) is 6.60. The van der Waals surface area contributed by atoms with Gasteiger partial charge in [-0.15, -0.1) is 6.58 Å². The number of allylic oxidation sites excluding steroid dienone is 1. The molecule has 0 radical (unpaired) electrons.